The fourth-order valence-corrected chi connectivity index (χ4v) is 3.55. The molecule has 0 atom stereocenters. The minimum Gasteiger partial charge on any atom is -0.482 e. The monoisotopic (exact) mass is 406 g/mol. The van der Waals surface area contributed by atoms with E-state index in [0.29, 0.717) is 20.9 Å². The molecule has 3 rings (SSSR count). The zero-order valence-corrected chi connectivity index (χ0v) is 16.3. The number of nitrogens with one attached hydrogen (secondary N) is 1. The summed E-state index contributed by atoms with van der Waals surface area (Å²) in [6.07, 6.45) is 2.56. The molecule has 0 saturated carbocycles. The summed E-state index contributed by atoms with van der Waals surface area (Å²) in [7, 11) is 0. The van der Waals surface area contributed by atoms with Gasteiger partial charge in [-0.1, -0.05) is 53.0 Å². The van der Waals surface area contributed by atoms with Crippen LogP contribution in [-0.4, -0.2) is 17.5 Å². The molecule has 2 aromatic carbocycles. The average Bonchev–Trinajstić information content (AvgIpc) is 3.02. The van der Waals surface area contributed by atoms with E-state index < -0.39 is 0 Å². The molecule has 0 spiro atoms. The predicted octanol–water partition coefficient (Wildman–Crippen LogP) is 5.37. The van der Waals surface area contributed by atoms with Gasteiger partial charge in [-0.3, -0.25) is 10.1 Å². The number of thiazole rings is 1. The van der Waals surface area contributed by atoms with Crippen molar-refractivity contribution >= 4 is 45.6 Å². The van der Waals surface area contributed by atoms with Crippen LogP contribution in [0.1, 0.15) is 16.0 Å². The third kappa shape index (κ3) is 5.21. The molecule has 0 saturated heterocycles. The first-order chi connectivity index (χ1) is 12.5. The van der Waals surface area contributed by atoms with Crippen molar-refractivity contribution in [2.45, 2.75) is 13.3 Å². The van der Waals surface area contributed by atoms with Crippen LogP contribution in [0.2, 0.25) is 10.0 Å². The lowest BCUT2D eigenvalue weighted by molar-refractivity contribution is -0.118. The number of hydrogen-bond acceptors (Lipinski definition) is 4. The number of carbonyl (C=O) groups excluding carboxylic acids is 1. The Morgan fingerprint density at radius 2 is 2.08 bits per heavy atom. The first-order valence-electron chi connectivity index (χ1n) is 7.87. The standard InChI is InChI=1S/C19H16Cl2N2O2S/c1-12-3-2-4-13(7-12)8-15-10-22-19(26-15)23-18(24)11-25-17-9-14(20)5-6-16(17)21/h2-7,9-10H,8,11H2,1H3,(H,22,23,24). The van der Waals surface area contributed by atoms with E-state index in [0.717, 1.165) is 11.3 Å². The van der Waals surface area contributed by atoms with Gasteiger partial charge in [0, 0.05) is 28.6 Å². The quantitative estimate of drug-likeness (QED) is 0.598. The maximum atomic E-state index is 12.0. The molecule has 1 N–H and O–H groups in total. The number of aryl methyl sites for hydroxylation is 1. The highest BCUT2D eigenvalue weighted by atomic mass is 35.5. The number of aromatic nitrogens is 1. The van der Waals surface area contributed by atoms with Gasteiger partial charge < -0.3 is 4.74 Å². The number of nitrogens with zero attached hydrogens (tertiary/aromatic N) is 1. The van der Waals surface area contributed by atoms with Gasteiger partial charge >= 0.3 is 0 Å². The van der Waals surface area contributed by atoms with Gasteiger partial charge in [0.05, 0.1) is 5.02 Å². The minimum atomic E-state index is -0.308. The number of benzene rings is 2. The number of hydrogen-bond donors (Lipinski definition) is 1. The van der Waals surface area contributed by atoms with Crippen molar-refractivity contribution in [3.8, 4) is 5.75 Å². The van der Waals surface area contributed by atoms with Crippen LogP contribution in [0, 0.1) is 6.92 Å². The van der Waals surface area contributed by atoms with Crippen LogP contribution >= 0.6 is 34.5 Å². The van der Waals surface area contributed by atoms with Crippen molar-refractivity contribution in [1.82, 2.24) is 4.98 Å². The fourth-order valence-electron chi connectivity index (χ4n) is 2.36. The molecule has 0 aliphatic heterocycles. The lowest BCUT2D eigenvalue weighted by Crippen LogP contribution is -2.20. The number of carbonyl (C=O) groups is 1. The molecule has 4 nitrogen and oxygen atoms in total. The van der Waals surface area contributed by atoms with Crippen molar-refractivity contribution < 1.29 is 9.53 Å². The second-order valence-corrected chi connectivity index (χ2v) is 7.67. The van der Waals surface area contributed by atoms with Crippen molar-refractivity contribution in [2.24, 2.45) is 0 Å². The van der Waals surface area contributed by atoms with Crippen molar-refractivity contribution in [1.29, 1.82) is 0 Å². The Balaban J connectivity index is 1.55. The van der Waals surface area contributed by atoms with E-state index in [-0.39, 0.29) is 12.5 Å². The summed E-state index contributed by atoms with van der Waals surface area (Å²) in [5, 5.41) is 4.16. The molecule has 1 amide bonds. The molecule has 0 fully saturated rings. The SMILES string of the molecule is Cc1cccc(Cc2cnc(NC(=O)COc3cc(Cl)ccc3Cl)s2)c1. The fraction of sp³-hybridized carbons (Fsp3) is 0.158. The van der Waals surface area contributed by atoms with E-state index in [2.05, 4.69) is 35.4 Å². The zero-order chi connectivity index (χ0) is 18.5. The number of amides is 1. The maximum absolute atomic E-state index is 12.0. The van der Waals surface area contributed by atoms with Crippen LogP contribution in [0.3, 0.4) is 0 Å². The van der Waals surface area contributed by atoms with Gasteiger partial charge in [0.2, 0.25) is 0 Å². The van der Waals surface area contributed by atoms with Crippen molar-refractivity contribution in [2.75, 3.05) is 11.9 Å². The molecule has 0 bridgehead atoms. The van der Waals surface area contributed by atoms with Crippen molar-refractivity contribution in [3.05, 3.63) is 74.7 Å². The van der Waals surface area contributed by atoms with Crippen LogP contribution in [0.5, 0.6) is 5.75 Å². The Hall–Kier alpha value is -2.08. The molecule has 26 heavy (non-hydrogen) atoms. The normalized spacial score (nSPS) is 10.6. The number of anilines is 1. The van der Waals surface area contributed by atoms with Crippen LogP contribution in [0.15, 0.2) is 48.7 Å². The molecular formula is C19H16Cl2N2O2S. The van der Waals surface area contributed by atoms with Gasteiger partial charge in [0.15, 0.2) is 11.7 Å². The topological polar surface area (TPSA) is 51.2 Å². The van der Waals surface area contributed by atoms with Gasteiger partial charge in [0.25, 0.3) is 5.91 Å². The van der Waals surface area contributed by atoms with E-state index in [1.54, 1.807) is 24.4 Å². The number of rotatable bonds is 6. The minimum absolute atomic E-state index is 0.174. The summed E-state index contributed by atoms with van der Waals surface area (Å²) < 4.78 is 5.42. The highest BCUT2D eigenvalue weighted by molar-refractivity contribution is 7.15. The van der Waals surface area contributed by atoms with Gasteiger partial charge in [-0.2, -0.15) is 0 Å². The summed E-state index contributed by atoms with van der Waals surface area (Å²) in [6, 6.07) is 13.2. The molecule has 1 heterocycles. The largest absolute Gasteiger partial charge is 0.482 e. The van der Waals surface area contributed by atoms with Gasteiger partial charge in [-0.15, -0.1) is 11.3 Å². The second kappa shape index (κ2) is 8.54. The summed E-state index contributed by atoms with van der Waals surface area (Å²) in [5.74, 6) is 0.0612. The molecule has 7 heteroatoms. The zero-order valence-electron chi connectivity index (χ0n) is 14.0. The lowest BCUT2D eigenvalue weighted by Gasteiger charge is -2.07. The van der Waals surface area contributed by atoms with E-state index in [1.165, 1.54) is 22.5 Å². The highest BCUT2D eigenvalue weighted by Crippen LogP contribution is 2.27. The molecule has 0 unspecified atom stereocenters. The third-order valence-electron chi connectivity index (χ3n) is 3.51. The Morgan fingerprint density at radius 1 is 1.23 bits per heavy atom. The van der Waals surface area contributed by atoms with E-state index in [1.807, 2.05) is 6.07 Å². The van der Waals surface area contributed by atoms with E-state index >= 15 is 0 Å². The van der Waals surface area contributed by atoms with Crippen LogP contribution in [0.25, 0.3) is 0 Å². The summed E-state index contributed by atoms with van der Waals surface area (Å²) in [6.45, 7) is 1.89. The Kier molecular flexibility index (Phi) is 6.14. The molecule has 1 aromatic heterocycles. The Labute approximate surface area is 165 Å². The summed E-state index contributed by atoms with van der Waals surface area (Å²) in [5.41, 5.74) is 2.43. The summed E-state index contributed by atoms with van der Waals surface area (Å²) in [4.78, 5) is 17.4. The highest BCUT2D eigenvalue weighted by Gasteiger charge is 2.10. The molecule has 3 aromatic rings. The molecule has 0 aliphatic carbocycles. The maximum Gasteiger partial charge on any atom is 0.264 e. The van der Waals surface area contributed by atoms with E-state index in [9.17, 15) is 4.79 Å². The van der Waals surface area contributed by atoms with Crippen LogP contribution in [0.4, 0.5) is 5.13 Å². The second-order valence-electron chi connectivity index (χ2n) is 5.71. The molecular weight excluding hydrogens is 391 g/mol. The first kappa shape index (κ1) is 18.7. The average molecular weight is 407 g/mol. The van der Waals surface area contributed by atoms with Gasteiger partial charge in [-0.05, 0) is 24.6 Å². The molecule has 0 radical (unpaired) electrons. The van der Waals surface area contributed by atoms with Gasteiger partial charge in [-0.25, -0.2) is 4.98 Å². The van der Waals surface area contributed by atoms with Crippen LogP contribution in [-0.2, 0) is 11.2 Å². The van der Waals surface area contributed by atoms with Crippen molar-refractivity contribution in [3.63, 3.8) is 0 Å². The molecule has 0 aliphatic rings. The Bertz CT molecular complexity index is 927. The number of ether oxygens (including phenoxy) is 1. The van der Waals surface area contributed by atoms with Crippen LogP contribution < -0.4 is 10.1 Å². The first-order valence-corrected chi connectivity index (χ1v) is 9.45. The third-order valence-corrected chi connectivity index (χ3v) is 4.97. The smallest absolute Gasteiger partial charge is 0.264 e. The summed E-state index contributed by atoms with van der Waals surface area (Å²) >= 11 is 13.3. The molecule has 134 valence electrons. The lowest BCUT2D eigenvalue weighted by atomic mass is 10.1. The predicted molar refractivity (Wildman–Crippen MR) is 107 cm³/mol. The Morgan fingerprint density at radius 3 is 2.88 bits per heavy atom. The van der Waals surface area contributed by atoms with Gasteiger partial charge in [0.1, 0.15) is 5.75 Å². The van der Waals surface area contributed by atoms with E-state index in [4.69, 9.17) is 27.9 Å². The number of halogens is 2.